The Balaban J connectivity index is 1.99. The number of hydrogen-bond donors (Lipinski definition) is 2. The fourth-order valence-corrected chi connectivity index (χ4v) is 2.15. The van der Waals surface area contributed by atoms with Gasteiger partial charge in [0.2, 0.25) is 5.91 Å². The lowest BCUT2D eigenvalue weighted by Crippen LogP contribution is -2.27. The number of benzene rings is 2. The standard InChI is InChI=1S/C19H22N4O3/c1-3-23(2)17(24)12-13-4-10-16(11-5-13)26-18(25)14-6-8-15(9-7-14)22-19(20)21/h4-11H,3,12H2,1-2H3,(H4,20,21,22). The second kappa shape index (κ2) is 8.66. The molecule has 0 aliphatic carbocycles. The van der Waals surface area contributed by atoms with E-state index in [1.807, 2.05) is 6.92 Å². The molecule has 0 heterocycles. The van der Waals surface area contributed by atoms with E-state index in [4.69, 9.17) is 16.2 Å². The zero-order chi connectivity index (χ0) is 19.1. The lowest BCUT2D eigenvalue weighted by Gasteiger charge is -2.14. The first kappa shape index (κ1) is 19.0. The molecular formula is C19H22N4O3. The number of carbonyl (C=O) groups excluding carboxylic acids is 2. The van der Waals surface area contributed by atoms with Gasteiger partial charge in [0.05, 0.1) is 17.7 Å². The van der Waals surface area contributed by atoms with E-state index in [0.29, 0.717) is 30.0 Å². The molecule has 2 aromatic rings. The smallest absolute Gasteiger partial charge is 0.343 e. The van der Waals surface area contributed by atoms with E-state index in [9.17, 15) is 9.59 Å². The molecule has 136 valence electrons. The zero-order valence-electron chi connectivity index (χ0n) is 14.8. The summed E-state index contributed by atoms with van der Waals surface area (Å²) in [5, 5.41) is 0. The minimum absolute atomic E-state index is 0.0399. The van der Waals surface area contributed by atoms with Gasteiger partial charge < -0.3 is 21.1 Å². The Morgan fingerprint density at radius 2 is 1.65 bits per heavy atom. The van der Waals surface area contributed by atoms with Gasteiger partial charge in [-0.15, -0.1) is 0 Å². The molecular weight excluding hydrogens is 332 g/mol. The molecule has 0 radical (unpaired) electrons. The number of carbonyl (C=O) groups is 2. The van der Waals surface area contributed by atoms with Crippen LogP contribution in [0.15, 0.2) is 53.5 Å². The second-order valence-electron chi connectivity index (χ2n) is 5.70. The van der Waals surface area contributed by atoms with Crippen LogP contribution in [0.25, 0.3) is 0 Å². The van der Waals surface area contributed by atoms with Gasteiger partial charge in [0.25, 0.3) is 0 Å². The molecule has 0 bridgehead atoms. The lowest BCUT2D eigenvalue weighted by atomic mass is 10.1. The average Bonchev–Trinajstić information content (AvgIpc) is 2.62. The molecule has 2 rings (SSSR count). The molecule has 0 saturated heterocycles. The van der Waals surface area contributed by atoms with E-state index < -0.39 is 5.97 Å². The van der Waals surface area contributed by atoms with Crippen LogP contribution in [0.1, 0.15) is 22.8 Å². The van der Waals surface area contributed by atoms with Crippen LogP contribution in [0.5, 0.6) is 5.75 Å². The first-order valence-corrected chi connectivity index (χ1v) is 8.14. The van der Waals surface area contributed by atoms with Crippen molar-refractivity contribution >= 4 is 23.5 Å². The lowest BCUT2D eigenvalue weighted by molar-refractivity contribution is -0.128. The molecule has 0 aliphatic heterocycles. The van der Waals surface area contributed by atoms with Gasteiger partial charge >= 0.3 is 5.97 Å². The molecule has 0 spiro atoms. The van der Waals surface area contributed by atoms with E-state index >= 15 is 0 Å². The summed E-state index contributed by atoms with van der Waals surface area (Å²) in [5.41, 5.74) is 12.4. The van der Waals surface area contributed by atoms with Crippen molar-refractivity contribution in [2.45, 2.75) is 13.3 Å². The number of hydrogen-bond acceptors (Lipinski definition) is 4. The van der Waals surface area contributed by atoms with Crippen molar-refractivity contribution in [2.24, 2.45) is 16.5 Å². The van der Waals surface area contributed by atoms with Gasteiger partial charge in [-0.3, -0.25) is 4.79 Å². The minimum Gasteiger partial charge on any atom is -0.423 e. The summed E-state index contributed by atoms with van der Waals surface area (Å²) >= 11 is 0. The number of ether oxygens (including phenoxy) is 1. The Morgan fingerprint density at radius 3 is 2.19 bits per heavy atom. The summed E-state index contributed by atoms with van der Waals surface area (Å²) in [6.45, 7) is 2.58. The maximum Gasteiger partial charge on any atom is 0.343 e. The van der Waals surface area contributed by atoms with Crippen LogP contribution >= 0.6 is 0 Å². The van der Waals surface area contributed by atoms with Crippen LogP contribution < -0.4 is 16.2 Å². The highest BCUT2D eigenvalue weighted by atomic mass is 16.5. The van der Waals surface area contributed by atoms with E-state index in [1.165, 1.54) is 0 Å². The van der Waals surface area contributed by atoms with E-state index in [1.54, 1.807) is 60.5 Å². The monoisotopic (exact) mass is 354 g/mol. The molecule has 2 aromatic carbocycles. The number of rotatable bonds is 6. The summed E-state index contributed by atoms with van der Waals surface area (Å²) < 4.78 is 5.33. The summed E-state index contributed by atoms with van der Waals surface area (Å²) in [7, 11) is 1.76. The van der Waals surface area contributed by atoms with Gasteiger partial charge in [-0.25, -0.2) is 9.79 Å². The number of nitrogens with zero attached hydrogens (tertiary/aromatic N) is 2. The van der Waals surface area contributed by atoms with Gasteiger partial charge in [-0.2, -0.15) is 0 Å². The third kappa shape index (κ3) is 5.34. The Kier molecular flexibility index (Phi) is 6.32. The number of aliphatic imine (C=N–C) groups is 1. The van der Waals surface area contributed by atoms with Crippen molar-refractivity contribution in [3.05, 3.63) is 59.7 Å². The van der Waals surface area contributed by atoms with Crippen LogP contribution in [0.2, 0.25) is 0 Å². The van der Waals surface area contributed by atoms with Gasteiger partial charge in [0.15, 0.2) is 5.96 Å². The largest absolute Gasteiger partial charge is 0.423 e. The molecule has 7 heteroatoms. The van der Waals surface area contributed by atoms with E-state index in [2.05, 4.69) is 4.99 Å². The number of likely N-dealkylation sites (N-methyl/N-ethyl adjacent to an activating group) is 1. The second-order valence-corrected chi connectivity index (χ2v) is 5.70. The molecule has 0 aliphatic rings. The third-order valence-electron chi connectivity index (χ3n) is 3.75. The quantitative estimate of drug-likeness (QED) is 0.356. The van der Waals surface area contributed by atoms with Gasteiger partial charge in [0, 0.05) is 13.6 Å². The van der Waals surface area contributed by atoms with Crippen LogP contribution in [0, 0.1) is 0 Å². The van der Waals surface area contributed by atoms with Crippen LogP contribution in [0.4, 0.5) is 5.69 Å². The summed E-state index contributed by atoms with van der Waals surface area (Å²) in [6, 6.07) is 13.3. The minimum atomic E-state index is -0.490. The summed E-state index contributed by atoms with van der Waals surface area (Å²) in [6.07, 6.45) is 0.310. The summed E-state index contributed by atoms with van der Waals surface area (Å²) in [5.74, 6) is -0.0960. The third-order valence-corrected chi connectivity index (χ3v) is 3.75. The molecule has 1 amide bonds. The van der Waals surface area contributed by atoms with Crippen molar-refractivity contribution in [3.8, 4) is 5.75 Å². The SMILES string of the molecule is CCN(C)C(=O)Cc1ccc(OC(=O)c2ccc(N=C(N)N)cc2)cc1. The van der Waals surface area contributed by atoms with Crippen LogP contribution in [-0.4, -0.2) is 36.3 Å². The van der Waals surface area contributed by atoms with Crippen molar-refractivity contribution in [1.82, 2.24) is 4.90 Å². The maximum atomic E-state index is 12.2. The highest BCUT2D eigenvalue weighted by Gasteiger charge is 2.10. The van der Waals surface area contributed by atoms with Crippen LogP contribution in [-0.2, 0) is 11.2 Å². The van der Waals surface area contributed by atoms with Crippen molar-refractivity contribution < 1.29 is 14.3 Å². The Labute approximate surface area is 152 Å². The predicted molar refractivity (Wildman–Crippen MR) is 100 cm³/mol. The number of nitrogens with two attached hydrogens (primary N) is 2. The van der Waals surface area contributed by atoms with Gasteiger partial charge in [-0.1, -0.05) is 12.1 Å². The first-order chi connectivity index (χ1) is 12.4. The maximum absolute atomic E-state index is 12.2. The van der Waals surface area contributed by atoms with Gasteiger partial charge in [-0.05, 0) is 48.9 Å². The highest BCUT2D eigenvalue weighted by Crippen LogP contribution is 2.17. The predicted octanol–water partition coefficient (Wildman–Crippen LogP) is 1.83. The molecule has 26 heavy (non-hydrogen) atoms. The van der Waals surface area contributed by atoms with E-state index in [-0.39, 0.29) is 11.9 Å². The van der Waals surface area contributed by atoms with E-state index in [0.717, 1.165) is 5.56 Å². The molecule has 0 fully saturated rings. The van der Waals surface area contributed by atoms with Crippen molar-refractivity contribution in [3.63, 3.8) is 0 Å². The van der Waals surface area contributed by atoms with Crippen LogP contribution in [0.3, 0.4) is 0 Å². The van der Waals surface area contributed by atoms with Gasteiger partial charge in [0.1, 0.15) is 5.75 Å². The number of amides is 1. The Morgan fingerprint density at radius 1 is 1.04 bits per heavy atom. The number of esters is 1. The molecule has 0 aromatic heterocycles. The Bertz CT molecular complexity index is 795. The van der Waals surface area contributed by atoms with Crippen molar-refractivity contribution in [2.75, 3.05) is 13.6 Å². The number of guanidine groups is 1. The summed E-state index contributed by atoms with van der Waals surface area (Å²) in [4.78, 5) is 29.6. The fraction of sp³-hybridized carbons (Fsp3) is 0.211. The first-order valence-electron chi connectivity index (χ1n) is 8.14. The fourth-order valence-electron chi connectivity index (χ4n) is 2.15. The molecule has 7 nitrogen and oxygen atoms in total. The molecule has 0 atom stereocenters. The molecule has 0 unspecified atom stereocenters. The average molecular weight is 354 g/mol. The van der Waals surface area contributed by atoms with Crippen molar-refractivity contribution in [1.29, 1.82) is 0 Å². The topological polar surface area (TPSA) is 111 Å². The Hall–Kier alpha value is -3.35. The zero-order valence-corrected chi connectivity index (χ0v) is 14.8. The molecule has 4 N–H and O–H groups in total. The molecule has 0 saturated carbocycles. The highest BCUT2D eigenvalue weighted by molar-refractivity contribution is 5.91. The normalized spacial score (nSPS) is 10.1.